The lowest BCUT2D eigenvalue weighted by atomic mass is 10.1. The van der Waals surface area contributed by atoms with Gasteiger partial charge in [-0.25, -0.2) is 0 Å². The quantitative estimate of drug-likeness (QED) is 0.908. The first-order valence-electron chi connectivity index (χ1n) is 6.33. The van der Waals surface area contributed by atoms with E-state index in [1.165, 1.54) is 5.56 Å². The third-order valence-electron chi connectivity index (χ3n) is 3.28. The van der Waals surface area contributed by atoms with Gasteiger partial charge in [0.15, 0.2) is 0 Å². The van der Waals surface area contributed by atoms with Gasteiger partial charge in [0.25, 0.3) is 0 Å². The number of rotatable bonds is 4. The highest BCUT2D eigenvalue weighted by Crippen LogP contribution is 2.11. The lowest BCUT2D eigenvalue weighted by Crippen LogP contribution is -2.31. The maximum atomic E-state index is 11.9. The van der Waals surface area contributed by atoms with E-state index < -0.39 is 0 Å². The zero-order chi connectivity index (χ0) is 12.1. The number of carbonyl (C=O) groups is 1. The molecule has 0 aromatic heterocycles. The fourth-order valence-electron chi connectivity index (χ4n) is 2.26. The first-order valence-corrected chi connectivity index (χ1v) is 6.33. The summed E-state index contributed by atoms with van der Waals surface area (Å²) in [6, 6.07) is 10.5. The molecule has 1 aliphatic rings. The Morgan fingerprint density at radius 2 is 2.06 bits per heavy atom. The maximum Gasteiger partial charge on any atom is 0.222 e. The molecule has 1 amide bonds. The number of aryl methyl sites for hydroxylation is 1. The average Bonchev–Trinajstić information content (AvgIpc) is 2.77. The van der Waals surface area contributed by atoms with E-state index in [4.69, 9.17) is 5.73 Å². The van der Waals surface area contributed by atoms with Gasteiger partial charge in [-0.1, -0.05) is 30.3 Å². The highest BCUT2D eigenvalue weighted by atomic mass is 35.5. The van der Waals surface area contributed by atoms with Crippen LogP contribution in [0.25, 0.3) is 0 Å². The number of nitrogens with zero attached hydrogens (tertiary/aromatic N) is 1. The Balaban J connectivity index is 0.00000162. The number of hydrogen-bond acceptors (Lipinski definition) is 2. The molecule has 1 heterocycles. The third kappa shape index (κ3) is 4.31. The summed E-state index contributed by atoms with van der Waals surface area (Å²) in [5.74, 6) is 0.258. The van der Waals surface area contributed by atoms with E-state index in [0.29, 0.717) is 6.42 Å². The molecule has 1 aromatic rings. The fourth-order valence-corrected chi connectivity index (χ4v) is 2.26. The standard InChI is InChI=1S/C14H20N2O.ClH/c15-13-9-10-16(11-13)14(17)8-4-7-12-5-2-1-3-6-12;/h1-3,5-6,13H,4,7-11,15H2;1H. The van der Waals surface area contributed by atoms with Gasteiger partial charge in [-0.05, 0) is 24.8 Å². The van der Waals surface area contributed by atoms with E-state index in [1.54, 1.807) is 0 Å². The maximum absolute atomic E-state index is 11.9. The molecule has 0 saturated carbocycles. The molecule has 2 N–H and O–H groups in total. The van der Waals surface area contributed by atoms with Crippen LogP contribution < -0.4 is 5.73 Å². The van der Waals surface area contributed by atoms with Crippen molar-refractivity contribution in [1.29, 1.82) is 0 Å². The molecule has 1 aliphatic heterocycles. The Morgan fingerprint density at radius 3 is 2.67 bits per heavy atom. The smallest absolute Gasteiger partial charge is 0.222 e. The first-order chi connectivity index (χ1) is 8.25. The van der Waals surface area contributed by atoms with Crippen LogP contribution >= 0.6 is 12.4 Å². The van der Waals surface area contributed by atoms with E-state index in [0.717, 1.165) is 32.4 Å². The minimum Gasteiger partial charge on any atom is -0.341 e. The number of amides is 1. The van der Waals surface area contributed by atoms with Gasteiger partial charge in [-0.15, -0.1) is 12.4 Å². The summed E-state index contributed by atoms with van der Waals surface area (Å²) < 4.78 is 0. The van der Waals surface area contributed by atoms with Crippen LogP contribution in [0.2, 0.25) is 0 Å². The van der Waals surface area contributed by atoms with Crippen molar-refractivity contribution < 1.29 is 4.79 Å². The predicted octanol–water partition coefficient (Wildman–Crippen LogP) is 1.99. The summed E-state index contributed by atoms with van der Waals surface area (Å²) in [7, 11) is 0. The number of carbonyl (C=O) groups excluding carboxylic acids is 1. The Hall–Kier alpha value is -1.06. The zero-order valence-corrected chi connectivity index (χ0v) is 11.4. The van der Waals surface area contributed by atoms with Gasteiger partial charge >= 0.3 is 0 Å². The number of halogens is 1. The van der Waals surface area contributed by atoms with Crippen LogP contribution in [0.4, 0.5) is 0 Å². The molecule has 1 unspecified atom stereocenters. The number of likely N-dealkylation sites (tertiary alicyclic amines) is 1. The largest absolute Gasteiger partial charge is 0.341 e. The van der Waals surface area contributed by atoms with Crippen LogP contribution in [0.15, 0.2) is 30.3 Å². The van der Waals surface area contributed by atoms with Crippen LogP contribution in [0.1, 0.15) is 24.8 Å². The van der Waals surface area contributed by atoms with Crippen molar-refractivity contribution in [2.24, 2.45) is 5.73 Å². The van der Waals surface area contributed by atoms with Crippen LogP contribution in [-0.4, -0.2) is 29.9 Å². The Bertz CT molecular complexity index is 369. The lowest BCUT2D eigenvalue weighted by Gasteiger charge is -2.15. The van der Waals surface area contributed by atoms with E-state index in [9.17, 15) is 4.79 Å². The highest BCUT2D eigenvalue weighted by Gasteiger charge is 2.22. The first kappa shape index (κ1) is 15.0. The molecule has 1 aromatic carbocycles. The zero-order valence-electron chi connectivity index (χ0n) is 10.5. The molecule has 18 heavy (non-hydrogen) atoms. The number of hydrogen-bond donors (Lipinski definition) is 1. The van der Waals surface area contributed by atoms with Gasteiger partial charge in [-0.3, -0.25) is 4.79 Å². The molecular weight excluding hydrogens is 248 g/mol. The number of benzene rings is 1. The van der Waals surface area contributed by atoms with Crippen LogP contribution in [0.3, 0.4) is 0 Å². The molecule has 1 atom stereocenters. The SMILES string of the molecule is Cl.NC1CCN(C(=O)CCCc2ccccc2)C1. The summed E-state index contributed by atoms with van der Waals surface area (Å²) in [5.41, 5.74) is 7.09. The Morgan fingerprint density at radius 1 is 1.33 bits per heavy atom. The average molecular weight is 269 g/mol. The Labute approximate surface area is 115 Å². The predicted molar refractivity (Wildman–Crippen MR) is 75.8 cm³/mol. The van der Waals surface area contributed by atoms with Crippen LogP contribution in [0.5, 0.6) is 0 Å². The van der Waals surface area contributed by atoms with Crippen molar-refractivity contribution in [3.8, 4) is 0 Å². The second kappa shape index (κ2) is 7.39. The van der Waals surface area contributed by atoms with Crippen LogP contribution in [0, 0.1) is 0 Å². The molecule has 2 rings (SSSR count). The minimum absolute atomic E-state index is 0. The van der Waals surface area contributed by atoms with E-state index in [2.05, 4.69) is 12.1 Å². The van der Waals surface area contributed by atoms with Gasteiger partial charge in [0, 0.05) is 25.6 Å². The topological polar surface area (TPSA) is 46.3 Å². The summed E-state index contributed by atoms with van der Waals surface area (Å²) in [6.45, 7) is 1.58. The molecule has 0 radical (unpaired) electrons. The van der Waals surface area contributed by atoms with Crippen LogP contribution in [-0.2, 0) is 11.2 Å². The van der Waals surface area contributed by atoms with Gasteiger partial charge in [0.1, 0.15) is 0 Å². The van der Waals surface area contributed by atoms with E-state index >= 15 is 0 Å². The minimum atomic E-state index is 0. The normalized spacial score (nSPS) is 18.5. The molecule has 3 nitrogen and oxygen atoms in total. The fraction of sp³-hybridized carbons (Fsp3) is 0.500. The summed E-state index contributed by atoms with van der Waals surface area (Å²) in [5, 5.41) is 0. The lowest BCUT2D eigenvalue weighted by molar-refractivity contribution is -0.130. The van der Waals surface area contributed by atoms with Gasteiger partial charge in [0.2, 0.25) is 5.91 Å². The summed E-state index contributed by atoms with van der Waals surface area (Å²) >= 11 is 0. The molecule has 0 aliphatic carbocycles. The molecule has 1 saturated heterocycles. The van der Waals surface area contributed by atoms with Crippen molar-refractivity contribution in [2.45, 2.75) is 31.7 Å². The second-order valence-corrected chi connectivity index (χ2v) is 4.73. The van der Waals surface area contributed by atoms with Crippen molar-refractivity contribution in [1.82, 2.24) is 4.90 Å². The molecule has 0 bridgehead atoms. The highest BCUT2D eigenvalue weighted by molar-refractivity contribution is 5.85. The molecule has 0 spiro atoms. The van der Waals surface area contributed by atoms with E-state index in [1.807, 2.05) is 23.1 Å². The van der Waals surface area contributed by atoms with Gasteiger partial charge in [0.05, 0.1) is 0 Å². The van der Waals surface area contributed by atoms with Crippen molar-refractivity contribution in [3.05, 3.63) is 35.9 Å². The van der Waals surface area contributed by atoms with Crippen molar-refractivity contribution in [3.63, 3.8) is 0 Å². The Kier molecular flexibility index (Phi) is 6.16. The van der Waals surface area contributed by atoms with Crippen molar-refractivity contribution >= 4 is 18.3 Å². The molecule has 1 fully saturated rings. The summed E-state index contributed by atoms with van der Waals surface area (Å²) in [4.78, 5) is 13.7. The number of nitrogens with two attached hydrogens (primary N) is 1. The van der Waals surface area contributed by atoms with Crippen molar-refractivity contribution in [2.75, 3.05) is 13.1 Å². The second-order valence-electron chi connectivity index (χ2n) is 4.73. The molecule has 100 valence electrons. The third-order valence-corrected chi connectivity index (χ3v) is 3.28. The molecular formula is C14H21ClN2O. The van der Waals surface area contributed by atoms with E-state index in [-0.39, 0.29) is 24.4 Å². The van der Waals surface area contributed by atoms with Gasteiger partial charge < -0.3 is 10.6 Å². The monoisotopic (exact) mass is 268 g/mol. The summed E-state index contributed by atoms with van der Waals surface area (Å²) in [6.07, 6.45) is 3.49. The molecule has 4 heteroatoms. The van der Waals surface area contributed by atoms with Gasteiger partial charge in [-0.2, -0.15) is 0 Å².